The molecule has 0 aromatic carbocycles. The van der Waals surface area contributed by atoms with Crippen LogP contribution < -0.4 is 15.8 Å². The van der Waals surface area contributed by atoms with Gasteiger partial charge in [-0.1, -0.05) is 0 Å². The summed E-state index contributed by atoms with van der Waals surface area (Å²) in [5, 5.41) is 20.8. The summed E-state index contributed by atoms with van der Waals surface area (Å²) < 4.78 is 23.2. The number of hydrogen-bond donors (Lipinski definition) is 4. The summed E-state index contributed by atoms with van der Waals surface area (Å²) in [6.45, 7) is 0. The smallest absolute Gasteiger partial charge is 0.255 e. The van der Waals surface area contributed by atoms with E-state index in [1.54, 1.807) is 6.20 Å². The molecule has 0 aliphatic heterocycles. The fourth-order valence-electron chi connectivity index (χ4n) is 2.69. The molecule has 2 aromatic heterocycles. The molecule has 0 saturated heterocycles. The molecule has 0 amide bonds. The Hall–Kier alpha value is -1.82. The van der Waals surface area contributed by atoms with Gasteiger partial charge in [-0.15, -0.1) is 0 Å². The van der Waals surface area contributed by atoms with Crippen molar-refractivity contribution in [2.45, 2.75) is 42.9 Å². The molecule has 0 atom stereocenters. The zero-order valence-electron chi connectivity index (χ0n) is 13.8. The summed E-state index contributed by atoms with van der Waals surface area (Å²) in [4.78, 5) is 12.4. The summed E-state index contributed by atoms with van der Waals surface area (Å²) in [5.74, 6) is 0.995. The first kappa shape index (κ1) is 19.0. The van der Waals surface area contributed by atoms with Crippen LogP contribution in [-0.2, 0) is 10.0 Å². The maximum Gasteiger partial charge on any atom is 0.255 e. The van der Waals surface area contributed by atoms with Gasteiger partial charge in [0.05, 0.1) is 22.5 Å². The van der Waals surface area contributed by atoms with Crippen molar-refractivity contribution >= 4 is 43.4 Å². The van der Waals surface area contributed by atoms with E-state index in [2.05, 4.69) is 41.5 Å². The molecule has 1 fully saturated rings. The van der Waals surface area contributed by atoms with Crippen molar-refractivity contribution in [2.24, 2.45) is 5.14 Å². The molecule has 3 rings (SSSR count). The van der Waals surface area contributed by atoms with Gasteiger partial charge in [0.15, 0.2) is 5.03 Å². The van der Waals surface area contributed by atoms with Crippen LogP contribution in [0.15, 0.2) is 34.0 Å². The molecule has 1 aliphatic carbocycles. The summed E-state index contributed by atoms with van der Waals surface area (Å²) in [7, 11) is -3.83. The number of nitrogens with zero attached hydrogens (tertiary/aromatic N) is 3. The van der Waals surface area contributed by atoms with Crippen molar-refractivity contribution in [3.63, 3.8) is 0 Å². The van der Waals surface area contributed by atoms with E-state index in [1.807, 2.05) is 0 Å². The Bertz CT molecular complexity index is 869. The van der Waals surface area contributed by atoms with Crippen LogP contribution in [0.25, 0.3) is 0 Å². The van der Waals surface area contributed by atoms with Crippen LogP contribution in [0.1, 0.15) is 25.7 Å². The average Bonchev–Trinajstić information content (AvgIpc) is 2.59. The normalized spacial score (nSPS) is 20.6. The molecule has 0 radical (unpaired) electrons. The number of hydrogen-bond acceptors (Lipinski definition) is 8. The monoisotopic (exact) mass is 442 g/mol. The van der Waals surface area contributed by atoms with E-state index in [1.165, 1.54) is 18.3 Å². The number of sulfonamides is 1. The summed E-state index contributed by atoms with van der Waals surface area (Å²) in [6.07, 6.45) is 6.05. The molecule has 0 spiro atoms. The fraction of sp³-hybridized carbons (Fsp3) is 0.400. The lowest BCUT2D eigenvalue weighted by Crippen LogP contribution is -2.28. The minimum Gasteiger partial charge on any atom is -0.393 e. The lowest BCUT2D eigenvalue weighted by Gasteiger charge is -2.27. The third kappa shape index (κ3) is 4.87. The molecule has 5 N–H and O–H groups in total. The van der Waals surface area contributed by atoms with Gasteiger partial charge in [0, 0.05) is 12.2 Å². The van der Waals surface area contributed by atoms with Gasteiger partial charge in [-0.3, -0.25) is 0 Å². The van der Waals surface area contributed by atoms with Crippen LogP contribution in [-0.4, -0.2) is 40.6 Å². The second-order valence-corrected chi connectivity index (χ2v) is 8.46. The Kier molecular flexibility index (Phi) is 5.70. The molecule has 1 aliphatic rings. The molecule has 140 valence electrons. The highest BCUT2D eigenvalue weighted by Gasteiger charge is 2.20. The zero-order valence-corrected chi connectivity index (χ0v) is 16.2. The molecule has 0 bridgehead atoms. The van der Waals surface area contributed by atoms with E-state index in [0.29, 0.717) is 17.5 Å². The van der Waals surface area contributed by atoms with Crippen molar-refractivity contribution in [1.82, 2.24) is 15.0 Å². The second kappa shape index (κ2) is 7.82. The molecular weight excluding hydrogens is 424 g/mol. The Morgan fingerprint density at radius 2 is 1.88 bits per heavy atom. The van der Waals surface area contributed by atoms with E-state index < -0.39 is 10.0 Å². The molecular formula is C15H19BrN6O3S. The third-order valence-corrected chi connectivity index (χ3v) is 5.47. The van der Waals surface area contributed by atoms with Crippen molar-refractivity contribution in [2.75, 3.05) is 10.6 Å². The Morgan fingerprint density at radius 3 is 2.50 bits per heavy atom. The number of rotatable bonds is 5. The molecule has 26 heavy (non-hydrogen) atoms. The van der Waals surface area contributed by atoms with E-state index in [9.17, 15) is 13.5 Å². The summed E-state index contributed by atoms with van der Waals surface area (Å²) >= 11 is 3.43. The van der Waals surface area contributed by atoms with E-state index in [-0.39, 0.29) is 17.2 Å². The van der Waals surface area contributed by atoms with Crippen molar-refractivity contribution in [1.29, 1.82) is 0 Å². The zero-order chi connectivity index (χ0) is 18.7. The van der Waals surface area contributed by atoms with Crippen molar-refractivity contribution in [3.8, 4) is 0 Å². The van der Waals surface area contributed by atoms with Crippen LogP contribution in [0.5, 0.6) is 0 Å². The number of aliphatic hydroxyl groups is 1. The van der Waals surface area contributed by atoms with Crippen molar-refractivity contribution < 1.29 is 13.5 Å². The van der Waals surface area contributed by atoms with E-state index in [0.717, 1.165) is 30.2 Å². The number of aliphatic hydroxyl groups excluding tert-OH is 1. The first-order chi connectivity index (χ1) is 12.3. The first-order valence-electron chi connectivity index (χ1n) is 8.04. The molecule has 11 heteroatoms. The maximum atomic E-state index is 11.2. The fourth-order valence-corrected chi connectivity index (χ4v) is 3.46. The first-order valence-corrected chi connectivity index (χ1v) is 10.4. The minimum absolute atomic E-state index is 0.207. The van der Waals surface area contributed by atoms with Gasteiger partial charge in [0.1, 0.15) is 5.82 Å². The Balaban J connectivity index is 1.71. The van der Waals surface area contributed by atoms with Crippen LogP contribution in [0, 0.1) is 0 Å². The number of aromatic nitrogens is 3. The number of nitrogens with two attached hydrogens (primary N) is 1. The molecule has 1 saturated carbocycles. The predicted molar refractivity (Wildman–Crippen MR) is 101 cm³/mol. The Labute approximate surface area is 159 Å². The highest BCUT2D eigenvalue weighted by Crippen LogP contribution is 2.26. The largest absolute Gasteiger partial charge is 0.393 e. The lowest BCUT2D eigenvalue weighted by atomic mass is 9.93. The second-order valence-electron chi connectivity index (χ2n) is 6.10. The molecule has 0 unspecified atom stereocenters. The highest BCUT2D eigenvalue weighted by atomic mass is 79.9. The van der Waals surface area contributed by atoms with Crippen LogP contribution in [0.2, 0.25) is 0 Å². The topological polar surface area (TPSA) is 143 Å². The van der Waals surface area contributed by atoms with Crippen LogP contribution in [0.4, 0.5) is 17.5 Å². The molecule has 2 aromatic rings. The van der Waals surface area contributed by atoms with Gasteiger partial charge in [-0.2, -0.15) is 4.98 Å². The SMILES string of the molecule is NS(=O)(=O)c1ccc(Nc2ncc(Br)c(NC3CCC(O)CC3)n2)cn1. The van der Waals surface area contributed by atoms with Crippen LogP contribution >= 0.6 is 15.9 Å². The number of pyridine rings is 1. The van der Waals surface area contributed by atoms with Gasteiger partial charge < -0.3 is 15.7 Å². The maximum absolute atomic E-state index is 11.2. The highest BCUT2D eigenvalue weighted by molar-refractivity contribution is 9.10. The molecule has 2 heterocycles. The number of anilines is 3. The van der Waals surface area contributed by atoms with Gasteiger partial charge in [-0.05, 0) is 53.7 Å². The molecule has 9 nitrogen and oxygen atoms in total. The average molecular weight is 443 g/mol. The quantitative estimate of drug-likeness (QED) is 0.547. The van der Waals surface area contributed by atoms with Gasteiger partial charge in [0.2, 0.25) is 5.95 Å². The summed E-state index contributed by atoms with van der Waals surface area (Å²) in [6, 6.07) is 3.09. The number of nitrogens with one attached hydrogen (secondary N) is 2. The van der Waals surface area contributed by atoms with Gasteiger partial charge >= 0.3 is 0 Å². The van der Waals surface area contributed by atoms with E-state index in [4.69, 9.17) is 5.14 Å². The van der Waals surface area contributed by atoms with Gasteiger partial charge in [-0.25, -0.2) is 23.5 Å². The Morgan fingerprint density at radius 1 is 1.15 bits per heavy atom. The van der Waals surface area contributed by atoms with Gasteiger partial charge in [0.25, 0.3) is 10.0 Å². The predicted octanol–water partition coefficient (Wildman–Crippen LogP) is 1.74. The standard InChI is InChI=1S/C15H19BrN6O3S/c16-12-8-19-15(21-10-3-6-13(18-7-10)26(17,24)25)22-14(12)20-9-1-4-11(23)5-2-9/h3,6-9,11,23H,1-2,4-5H2,(H2,17,24,25)(H2,19,20,21,22). The van der Waals surface area contributed by atoms with E-state index >= 15 is 0 Å². The van der Waals surface area contributed by atoms with Crippen molar-refractivity contribution in [3.05, 3.63) is 29.0 Å². The number of primary sulfonamides is 1. The third-order valence-electron chi connectivity index (χ3n) is 4.07. The van der Waals surface area contributed by atoms with Crippen LogP contribution in [0.3, 0.4) is 0 Å². The summed E-state index contributed by atoms with van der Waals surface area (Å²) in [5.41, 5.74) is 0.534. The lowest BCUT2D eigenvalue weighted by molar-refractivity contribution is 0.126. The minimum atomic E-state index is -3.83. The number of halogens is 1.